The third kappa shape index (κ3) is 4.06. The molecular formula is C30H28N4O4S2. The van der Waals surface area contributed by atoms with Gasteiger partial charge in [0, 0.05) is 53.8 Å². The lowest BCUT2D eigenvalue weighted by molar-refractivity contribution is -0.143. The zero-order valence-electron chi connectivity index (χ0n) is 22.5. The molecular weight excluding hydrogens is 544 g/mol. The number of carbonyl (C=O) groups excluding carboxylic acids is 1. The van der Waals surface area contributed by atoms with Crippen molar-refractivity contribution in [3.63, 3.8) is 0 Å². The van der Waals surface area contributed by atoms with Crippen molar-refractivity contribution in [3.05, 3.63) is 88.6 Å². The molecule has 1 atom stereocenters. The maximum Gasteiger partial charge on any atom is 0.269 e. The summed E-state index contributed by atoms with van der Waals surface area (Å²) in [4.78, 5) is 23.8. The van der Waals surface area contributed by atoms with Gasteiger partial charge < -0.3 is 10.0 Å². The Morgan fingerprint density at radius 1 is 1.02 bits per heavy atom. The second-order valence-corrected chi connectivity index (χ2v) is 13.0. The molecule has 0 bridgehead atoms. The highest BCUT2D eigenvalue weighted by Gasteiger charge is 2.45. The lowest BCUT2D eigenvalue weighted by atomic mass is 9.90. The molecule has 4 heterocycles. The van der Waals surface area contributed by atoms with Crippen molar-refractivity contribution in [1.29, 1.82) is 0 Å². The molecule has 0 spiro atoms. The minimum Gasteiger partial charge on any atom is -0.375 e. The number of pyridine rings is 1. The monoisotopic (exact) mass is 572 g/mol. The van der Waals surface area contributed by atoms with Crippen LogP contribution < -0.4 is 0 Å². The second kappa shape index (κ2) is 9.36. The van der Waals surface area contributed by atoms with E-state index >= 15 is 0 Å². The van der Waals surface area contributed by atoms with Crippen LogP contribution in [0.2, 0.25) is 0 Å². The Labute approximate surface area is 236 Å². The maximum absolute atomic E-state index is 13.8. The van der Waals surface area contributed by atoms with Crippen molar-refractivity contribution in [1.82, 2.24) is 18.8 Å². The van der Waals surface area contributed by atoms with Gasteiger partial charge in [-0.05, 0) is 56.2 Å². The highest BCUT2D eigenvalue weighted by Crippen LogP contribution is 2.40. The van der Waals surface area contributed by atoms with E-state index in [0.29, 0.717) is 51.5 Å². The molecule has 5 aromatic rings. The van der Waals surface area contributed by atoms with Crippen molar-refractivity contribution >= 4 is 38.3 Å². The number of thiazole rings is 1. The van der Waals surface area contributed by atoms with E-state index in [4.69, 9.17) is 4.98 Å². The van der Waals surface area contributed by atoms with E-state index < -0.39 is 15.6 Å². The third-order valence-electron chi connectivity index (χ3n) is 7.55. The highest BCUT2D eigenvalue weighted by molar-refractivity contribution is 7.90. The van der Waals surface area contributed by atoms with E-state index in [9.17, 15) is 18.3 Å². The van der Waals surface area contributed by atoms with Crippen molar-refractivity contribution in [2.75, 3.05) is 13.6 Å². The fourth-order valence-electron chi connectivity index (χ4n) is 5.32. The van der Waals surface area contributed by atoms with Crippen LogP contribution in [0.4, 0.5) is 0 Å². The van der Waals surface area contributed by atoms with Crippen LogP contribution >= 0.6 is 11.3 Å². The number of likely N-dealkylation sites (N-methyl/N-ethyl adjacent to an activating group) is 1. The lowest BCUT2D eigenvalue weighted by Crippen LogP contribution is -2.36. The summed E-state index contributed by atoms with van der Waals surface area (Å²) in [5.41, 5.74) is 3.87. The van der Waals surface area contributed by atoms with Crippen LogP contribution in [0, 0.1) is 20.8 Å². The van der Waals surface area contributed by atoms with Crippen molar-refractivity contribution < 1.29 is 18.3 Å². The molecule has 0 aliphatic carbocycles. The van der Waals surface area contributed by atoms with Crippen LogP contribution in [0.1, 0.15) is 28.8 Å². The molecule has 1 aliphatic rings. The Kier molecular flexibility index (Phi) is 6.17. The molecule has 0 saturated carbocycles. The molecule has 1 amide bonds. The number of likely N-dealkylation sites (tertiary alicyclic amines) is 1. The van der Waals surface area contributed by atoms with E-state index in [0.717, 1.165) is 16.7 Å². The Hall–Kier alpha value is -3.86. The van der Waals surface area contributed by atoms with Gasteiger partial charge in [-0.15, -0.1) is 11.3 Å². The number of hydrogen-bond donors (Lipinski definition) is 1. The summed E-state index contributed by atoms with van der Waals surface area (Å²) in [6.07, 6.45) is 1.99. The Balaban J connectivity index is 1.47. The topological polar surface area (TPSA) is 105 Å². The minimum absolute atomic E-state index is 0.189. The molecule has 1 fully saturated rings. The average molecular weight is 573 g/mol. The van der Waals surface area contributed by atoms with Crippen molar-refractivity contribution in [2.24, 2.45) is 0 Å². The minimum atomic E-state index is -3.92. The first-order chi connectivity index (χ1) is 19.0. The van der Waals surface area contributed by atoms with Gasteiger partial charge >= 0.3 is 0 Å². The molecule has 8 nitrogen and oxygen atoms in total. The number of aryl methyl sites for hydroxylation is 2. The summed E-state index contributed by atoms with van der Waals surface area (Å²) in [6, 6.07) is 16.0. The third-order valence-corrected chi connectivity index (χ3v) is 10.2. The van der Waals surface area contributed by atoms with Gasteiger partial charge in [0.15, 0.2) is 11.2 Å². The van der Waals surface area contributed by atoms with E-state index in [1.165, 1.54) is 20.2 Å². The smallest absolute Gasteiger partial charge is 0.269 e. The number of aliphatic hydroxyl groups is 1. The number of benzene rings is 2. The lowest BCUT2D eigenvalue weighted by Gasteiger charge is -2.21. The number of rotatable bonds is 5. The predicted octanol–water partition coefficient (Wildman–Crippen LogP) is 5.04. The molecule has 1 saturated heterocycles. The van der Waals surface area contributed by atoms with E-state index in [1.54, 1.807) is 56.6 Å². The summed E-state index contributed by atoms with van der Waals surface area (Å²) in [5.74, 6) is -0.315. The highest BCUT2D eigenvalue weighted by atomic mass is 32.2. The Bertz CT molecular complexity index is 1910. The van der Waals surface area contributed by atoms with Crippen LogP contribution in [0.5, 0.6) is 0 Å². The van der Waals surface area contributed by atoms with Gasteiger partial charge in [0.2, 0.25) is 0 Å². The standard InChI is InChI=1S/C30H28N4O4S2/c1-18-8-10-23(11-9-18)40(37,38)34-20(3)26(24-14-19(2)16-31-27(24)34)28-32-25(17-39-28)21-6-5-7-22(15-21)30(36)12-13-33(4)29(30)35/h5-11,14-17,36H,12-13H2,1-4H3/t30-/m1/s1. The fourth-order valence-corrected chi connectivity index (χ4v) is 7.78. The molecule has 6 rings (SSSR count). The SMILES string of the molecule is Cc1ccc(S(=O)(=O)n2c(C)c(-c3nc(-c4cccc([C@]5(O)CCN(C)C5=O)c4)cs3)c3cc(C)cnc32)cc1. The number of nitrogens with zero attached hydrogens (tertiary/aromatic N) is 4. The van der Waals surface area contributed by atoms with Gasteiger partial charge in [-0.3, -0.25) is 4.79 Å². The van der Waals surface area contributed by atoms with Crippen LogP contribution in [-0.4, -0.2) is 51.9 Å². The number of amides is 1. The maximum atomic E-state index is 13.8. The van der Waals surface area contributed by atoms with Crippen LogP contribution in [0.3, 0.4) is 0 Å². The number of hydrogen-bond acceptors (Lipinski definition) is 7. The molecule has 1 aliphatic heterocycles. The van der Waals surface area contributed by atoms with Gasteiger partial charge in [0.1, 0.15) is 5.01 Å². The number of fused-ring (bicyclic) bond motifs is 1. The van der Waals surface area contributed by atoms with E-state index in [1.807, 2.05) is 37.4 Å². The molecule has 0 radical (unpaired) electrons. The molecule has 1 N–H and O–H groups in total. The second-order valence-electron chi connectivity index (χ2n) is 10.4. The zero-order chi connectivity index (χ0) is 28.4. The summed E-state index contributed by atoms with van der Waals surface area (Å²) in [5, 5.41) is 14.4. The molecule has 0 unspecified atom stereocenters. The zero-order valence-corrected chi connectivity index (χ0v) is 24.2. The van der Waals surface area contributed by atoms with Crippen molar-refractivity contribution in [2.45, 2.75) is 37.7 Å². The molecule has 40 heavy (non-hydrogen) atoms. The normalized spacial score (nSPS) is 17.7. The first-order valence-electron chi connectivity index (χ1n) is 12.9. The summed E-state index contributed by atoms with van der Waals surface area (Å²) in [6.45, 7) is 6.10. The van der Waals surface area contributed by atoms with E-state index in [2.05, 4.69) is 4.98 Å². The van der Waals surface area contributed by atoms with Gasteiger partial charge in [-0.25, -0.2) is 22.4 Å². The van der Waals surface area contributed by atoms with Crippen LogP contribution in [0.25, 0.3) is 32.9 Å². The Morgan fingerprint density at radius 3 is 2.48 bits per heavy atom. The fraction of sp³-hybridized carbons (Fsp3) is 0.233. The first kappa shape index (κ1) is 26.4. The van der Waals surface area contributed by atoms with Gasteiger partial charge in [0.25, 0.3) is 15.9 Å². The van der Waals surface area contributed by atoms with Crippen molar-refractivity contribution in [3.8, 4) is 21.8 Å². The Morgan fingerprint density at radius 2 is 1.77 bits per heavy atom. The van der Waals surface area contributed by atoms with Crippen LogP contribution in [0.15, 0.2) is 71.1 Å². The molecule has 3 aromatic heterocycles. The van der Waals surface area contributed by atoms with Crippen LogP contribution in [-0.2, 0) is 20.4 Å². The largest absolute Gasteiger partial charge is 0.375 e. The summed E-state index contributed by atoms with van der Waals surface area (Å²) >= 11 is 1.41. The van der Waals surface area contributed by atoms with Gasteiger partial charge in [-0.1, -0.05) is 35.9 Å². The summed E-state index contributed by atoms with van der Waals surface area (Å²) in [7, 11) is -2.24. The first-order valence-corrected chi connectivity index (χ1v) is 15.2. The number of aromatic nitrogens is 3. The van der Waals surface area contributed by atoms with E-state index in [-0.39, 0.29) is 10.8 Å². The van der Waals surface area contributed by atoms with Gasteiger partial charge in [0.05, 0.1) is 10.6 Å². The molecule has 204 valence electrons. The van der Waals surface area contributed by atoms with Gasteiger partial charge in [-0.2, -0.15) is 0 Å². The summed E-state index contributed by atoms with van der Waals surface area (Å²) < 4.78 is 29.0. The molecule has 2 aromatic carbocycles. The average Bonchev–Trinajstić information content (AvgIpc) is 3.60. The predicted molar refractivity (Wildman–Crippen MR) is 156 cm³/mol. The quantitative estimate of drug-likeness (QED) is 0.316. The number of carbonyl (C=O) groups is 1. The molecule has 10 heteroatoms.